The molecule has 1 aliphatic heterocycles. The first-order valence-corrected chi connectivity index (χ1v) is 2.50. The fourth-order valence-corrected chi connectivity index (χ4v) is 0.520. The van der Waals surface area contributed by atoms with Crippen LogP contribution in [0.2, 0.25) is 0 Å². The Labute approximate surface area is 48.1 Å². The first-order chi connectivity index (χ1) is 3.93. The number of hydrogen-bond donors (Lipinski definition) is 0. The average molecular weight is 111 g/mol. The summed E-state index contributed by atoms with van der Waals surface area (Å²) in [5.41, 5.74) is 0. The molecule has 2 nitrogen and oxygen atoms in total. The highest BCUT2D eigenvalue weighted by molar-refractivity contribution is 5.07. The molecule has 0 radical (unpaired) electrons. The molecule has 2 heteroatoms. The second-order valence-corrected chi connectivity index (χ2v) is 1.55. The fraction of sp³-hybridized carbons (Fsp3) is 0.333. The summed E-state index contributed by atoms with van der Waals surface area (Å²) in [5, 5.41) is 10.1. The second kappa shape index (κ2) is 2.52. The third-order valence-electron chi connectivity index (χ3n) is 0.933. The van der Waals surface area contributed by atoms with Crippen molar-refractivity contribution in [3.63, 3.8) is 0 Å². The quantitative estimate of drug-likeness (QED) is 0.470. The zero-order valence-corrected chi connectivity index (χ0v) is 4.41. The van der Waals surface area contributed by atoms with Crippen LogP contribution in [-0.4, -0.2) is 12.7 Å². The number of hydrogen-bond acceptors (Lipinski definition) is 2. The van der Waals surface area contributed by atoms with Gasteiger partial charge in [0.25, 0.3) is 0 Å². The lowest BCUT2D eigenvalue weighted by atomic mass is 10.3. The molecule has 0 saturated carbocycles. The van der Waals surface area contributed by atoms with Crippen molar-refractivity contribution in [2.75, 3.05) is 6.61 Å². The number of allylic oxidation sites excluding steroid dienone is 2. The van der Waals surface area contributed by atoms with Crippen LogP contribution < -0.4 is 5.11 Å². The van der Waals surface area contributed by atoms with Crippen LogP contribution in [0.25, 0.3) is 0 Å². The molecule has 1 aliphatic rings. The molecule has 1 atom stereocenters. The van der Waals surface area contributed by atoms with Gasteiger partial charge < -0.3 is 9.84 Å². The van der Waals surface area contributed by atoms with Gasteiger partial charge in [-0.3, -0.25) is 0 Å². The molecule has 0 aromatic rings. The predicted octanol–water partition coefficient (Wildman–Crippen LogP) is -0.185. The van der Waals surface area contributed by atoms with Crippen LogP contribution in [0.4, 0.5) is 0 Å². The van der Waals surface area contributed by atoms with E-state index >= 15 is 0 Å². The zero-order valence-electron chi connectivity index (χ0n) is 4.41. The molecule has 0 bridgehead atoms. The molecule has 1 rings (SSSR count). The van der Waals surface area contributed by atoms with Crippen LogP contribution in [0.15, 0.2) is 24.5 Å². The van der Waals surface area contributed by atoms with Crippen molar-refractivity contribution >= 4 is 0 Å². The Balaban J connectivity index is 2.40. The lowest BCUT2D eigenvalue weighted by molar-refractivity contribution is -0.379. The van der Waals surface area contributed by atoms with Crippen molar-refractivity contribution < 1.29 is 9.84 Å². The van der Waals surface area contributed by atoms with E-state index in [0.717, 1.165) is 0 Å². The van der Waals surface area contributed by atoms with Crippen LogP contribution >= 0.6 is 0 Å². The molecule has 44 valence electrons. The van der Waals surface area contributed by atoms with Crippen LogP contribution in [-0.2, 0) is 4.74 Å². The Bertz CT molecular complexity index is 116. The molecule has 0 aromatic heterocycles. The lowest BCUT2D eigenvalue weighted by Gasteiger charge is -2.16. The van der Waals surface area contributed by atoms with Crippen molar-refractivity contribution in [1.29, 1.82) is 0 Å². The predicted molar refractivity (Wildman–Crippen MR) is 28.0 cm³/mol. The van der Waals surface area contributed by atoms with Gasteiger partial charge in [0, 0.05) is 0 Å². The summed E-state index contributed by atoms with van der Waals surface area (Å²) < 4.78 is 4.85. The largest absolute Gasteiger partial charge is 0.852 e. The summed E-state index contributed by atoms with van der Waals surface area (Å²) in [4.78, 5) is 0. The first-order valence-electron chi connectivity index (χ1n) is 2.50. The van der Waals surface area contributed by atoms with Gasteiger partial charge in [-0.15, -0.1) is 0 Å². The third-order valence-corrected chi connectivity index (χ3v) is 0.933. The molecule has 0 saturated heterocycles. The van der Waals surface area contributed by atoms with E-state index < -0.39 is 0 Å². The van der Waals surface area contributed by atoms with E-state index in [-0.39, 0.29) is 12.7 Å². The molecular weight excluding hydrogens is 104 g/mol. The van der Waals surface area contributed by atoms with E-state index in [4.69, 9.17) is 4.74 Å². The minimum Gasteiger partial charge on any atom is -0.852 e. The summed E-state index contributed by atoms with van der Waals surface area (Å²) >= 11 is 0. The fourth-order valence-electron chi connectivity index (χ4n) is 0.520. The van der Waals surface area contributed by atoms with Crippen LogP contribution in [0.3, 0.4) is 0 Å². The maximum absolute atomic E-state index is 10.1. The highest BCUT2D eigenvalue weighted by Gasteiger charge is 1.95. The van der Waals surface area contributed by atoms with Gasteiger partial charge in [0.15, 0.2) is 0 Å². The van der Waals surface area contributed by atoms with Gasteiger partial charge in [-0.1, -0.05) is 12.7 Å². The minimum atomic E-state index is -0.236. The van der Waals surface area contributed by atoms with E-state index in [2.05, 4.69) is 0 Å². The van der Waals surface area contributed by atoms with Crippen molar-refractivity contribution in [1.82, 2.24) is 0 Å². The molecule has 0 amide bonds. The average Bonchev–Trinajstić information content (AvgIpc) is 1.90. The minimum absolute atomic E-state index is 0.194. The second-order valence-electron chi connectivity index (χ2n) is 1.55. The normalized spacial score (nSPS) is 25.4. The Morgan fingerprint density at radius 3 is 2.75 bits per heavy atom. The standard InChI is InChI=1S/C6H7O2/c7-5-6-3-1-2-4-8-6/h1-4,6H,5H2/q-1. The van der Waals surface area contributed by atoms with E-state index in [1.807, 2.05) is 6.08 Å². The van der Waals surface area contributed by atoms with Gasteiger partial charge in [0.1, 0.15) is 6.10 Å². The molecule has 0 N–H and O–H groups in total. The summed E-state index contributed by atoms with van der Waals surface area (Å²) in [6.45, 7) is -0.194. The molecule has 1 heterocycles. The maximum Gasteiger partial charge on any atom is 0.101 e. The Morgan fingerprint density at radius 2 is 2.38 bits per heavy atom. The van der Waals surface area contributed by atoms with Gasteiger partial charge in [0.2, 0.25) is 0 Å². The van der Waals surface area contributed by atoms with Crippen molar-refractivity contribution in [3.8, 4) is 0 Å². The molecule has 0 fully saturated rings. The molecule has 0 aromatic carbocycles. The lowest BCUT2D eigenvalue weighted by Crippen LogP contribution is -2.23. The van der Waals surface area contributed by atoms with E-state index in [9.17, 15) is 5.11 Å². The summed E-state index contributed by atoms with van der Waals surface area (Å²) in [5.74, 6) is 0. The Hall–Kier alpha value is -0.760. The van der Waals surface area contributed by atoms with E-state index in [1.54, 1.807) is 12.2 Å². The van der Waals surface area contributed by atoms with Crippen LogP contribution in [0, 0.1) is 0 Å². The molecule has 0 aliphatic carbocycles. The van der Waals surface area contributed by atoms with Gasteiger partial charge >= 0.3 is 0 Å². The molecule has 0 spiro atoms. The summed E-state index contributed by atoms with van der Waals surface area (Å²) in [7, 11) is 0. The van der Waals surface area contributed by atoms with E-state index in [1.165, 1.54) is 6.26 Å². The topological polar surface area (TPSA) is 32.3 Å². The zero-order chi connectivity index (χ0) is 5.82. The van der Waals surface area contributed by atoms with E-state index in [0.29, 0.717) is 0 Å². The van der Waals surface area contributed by atoms with Crippen molar-refractivity contribution in [3.05, 3.63) is 24.5 Å². The molecule has 1 unspecified atom stereocenters. The van der Waals surface area contributed by atoms with Crippen molar-refractivity contribution in [2.24, 2.45) is 0 Å². The van der Waals surface area contributed by atoms with Crippen molar-refractivity contribution in [2.45, 2.75) is 6.10 Å². The number of ether oxygens (including phenoxy) is 1. The highest BCUT2D eigenvalue weighted by atomic mass is 16.5. The Morgan fingerprint density at radius 1 is 1.50 bits per heavy atom. The Kier molecular flexibility index (Phi) is 1.70. The smallest absolute Gasteiger partial charge is 0.101 e. The van der Waals surface area contributed by atoms with Gasteiger partial charge in [0.05, 0.1) is 6.26 Å². The van der Waals surface area contributed by atoms with Crippen LogP contribution in [0.1, 0.15) is 0 Å². The monoisotopic (exact) mass is 111 g/mol. The summed E-state index contributed by atoms with van der Waals surface area (Å²) in [6.07, 6.45) is 6.60. The van der Waals surface area contributed by atoms with Gasteiger partial charge in [-0.25, -0.2) is 0 Å². The van der Waals surface area contributed by atoms with Gasteiger partial charge in [-0.2, -0.15) is 0 Å². The SMILES string of the molecule is [O-]CC1C=CC=CO1. The number of rotatable bonds is 1. The van der Waals surface area contributed by atoms with Crippen LogP contribution in [0.5, 0.6) is 0 Å². The first kappa shape index (κ1) is 5.38. The molecular formula is C6H7O2-. The maximum atomic E-state index is 10.1. The summed E-state index contributed by atoms with van der Waals surface area (Å²) in [6, 6.07) is 0. The highest BCUT2D eigenvalue weighted by Crippen LogP contribution is 1.98. The molecule has 8 heavy (non-hydrogen) atoms. The van der Waals surface area contributed by atoms with Gasteiger partial charge in [-0.05, 0) is 12.2 Å². The third kappa shape index (κ3) is 1.10.